The molecule has 148 valence electrons. The van der Waals surface area contributed by atoms with E-state index >= 15 is 0 Å². The summed E-state index contributed by atoms with van der Waals surface area (Å²) in [5.74, 6) is -0.239. The summed E-state index contributed by atoms with van der Waals surface area (Å²) < 4.78 is 32.5. The van der Waals surface area contributed by atoms with Crippen LogP contribution in [0.25, 0.3) is 0 Å². The smallest absolute Gasteiger partial charge is 0.180 e. The van der Waals surface area contributed by atoms with E-state index in [-0.39, 0.29) is 28.7 Å². The lowest BCUT2D eigenvalue weighted by Crippen LogP contribution is -2.39. The molecule has 9 heteroatoms. The van der Waals surface area contributed by atoms with E-state index in [0.29, 0.717) is 37.6 Å². The first-order valence-corrected chi connectivity index (χ1v) is 9.36. The van der Waals surface area contributed by atoms with Gasteiger partial charge in [-0.3, -0.25) is 0 Å². The average Bonchev–Trinajstić information content (AvgIpc) is 2.64. The Labute approximate surface area is 167 Å². The number of aromatic nitrogens is 2. The second kappa shape index (κ2) is 8.57. The summed E-state index contributed by atoms with van der Waals surface area (Å²) in [7, 11) is 0. The van der Waals surface area contributed by atoms with Crippen LogP contribution in [0.15, 0.2) is 18.2 Å². The van der Waals surface area contributed by atoms with Gasteiger partial charge < -0.3 is 15.0 Å². The van der Waals surface area contributed by atoms with Crippen molar-refractivity contribution in [2.45, 2.75) is 38.8 Å². The molecule has 0 radical (unpaired) electrons. The normalized spacial score (nSPS) is 14.8. The van der Waals surface area contributed by atoms with Crippen LogP contribution in [-0.4, -0.2) is 35.2 Å². The molecular weight excluding hydrogens is 388 g/mol. The van der Waals surface area contributed by atoms with Gasteiger partial charge in [0.25, 0.3) is 0 Å². The molecule has 1 aromatic carbocycles. The summed E-state index contributed by atoms with van der Waals surface area (Å²) in [5, 5.41) is 12.5. The highest BCUT2D eigenvalue weighted by atomic mass is 35.5. The molecule has 2 aromatic rings. The monoisotopic (exact) mass is 407 g/mol. The Hall–Kier alpha value is -2.66. The van der Waals surface area contributed by atoms with E-state index in [9.17, 15) is 14.0 Å². The number of rotatable bonds is 5. The maximum Gasteiger partial charge on any atom is 0.180 e. The third kappa shape index (κ3) is 4.60. The number of hydrogen-bond donors (Lipinski definition) is 1. The van der Waals surface area contributed by atoms with Crippen molar-refractivity contribution in [3.8, 4) is 11.8 Å². The van der Waals surface area contributed by atoms with Crippen LogP contribution < -0.4 is 15.0 Å². The molecule has 1 aliphatic rings. The Bertz CT molecular complexity index is 895. The van der Waals surface area contributed by atoms with E-state index in [1.54, 1.807) is 0 Å². The zero-order valence-electron chi connectivity index (χ0n) is 15.5. The molecule has 6 nitrogen and oxygen atoms in total. The van der Waals surface area contributed by atoms with Gasteiger partial charge in [-0.15, -0.1) is 0 Å². The van der Waals surface area contributed by atoms with Crippen molar-refractivity contribution >= 4 is 23.2 Å². The van der Waals surface area contributed by atoms with Crippen LogP contribution in [0.4, 0.5) is 20.4 Å². The molecule has 1 aliphatic heterocycles. The minimum Gasteiger partial charge on any atom is -0.487 e. The first-order valence-electron chi connectivity index (χ1n) is 8.98. The number of piperidine rings is 1. The van der Waals surface area contributed by atoms with Crippen LogP contribution in [-0.2, 0) is 0 Å². The van der Waals surface area contributed by atoms with Crippen LogP contribution in [0, 0.1) is 23.0 Å². The van der Waals surface area contributed by atoms with Crippen LogP contribution in [0.5, 0.6) is 5.75 Å². The zero-order valence-corrected chi connectivity index (χ0v) is 16.3. The van der Waals surface area contributed by atoms with Gasteiger partial charge in [0, 0.05) is 38.0 Å². The lowest BCUT2D eigenvalue weighted by Gasteiger charge is -2.34. The molecule has 0 bridgehead atoms. The van der Waals surface area contributed by atoms with Crippen molar-refractivity contribution in [3.05, 3.63) is 40.7 Å². The quantitative estimate of drug-likeness (QED) is 0.802. The molecule has 28 heavy (non-hydrogen) atoms. The summed E-state index contributed by atoms with van der Waals surface area (Å²) in [5.41, 5.74) is 0.0673. The van der Waals surface area contributed by atoms with E-state index < -0.39 is 11.6 Å². The molecule has 0 unspecified atom stereocenters. The first kappa shape index (κ1) is 20.1. The predicted molar refractivity (Wildman–Crippen MR) is 103 cm³/mol. The van der Waals surface area contributed by atoms with Gasteiger partial charge in [0.1, 0.15) is 18.0 Å². The number of anilines is 2. The first-order chi connectivity index (χ1) is 13.4. The van der Waals surface area contributed by atoms with Gasteiger partial charge in [-0.2, -0.15) is 5.26 Å². The molecule has 2 heterocycles. The van der Waals surface area contributed by atoms with Gasteiger partial charge in [0.15, 0.2) is 34.0 Å². The van der Waals surface area contributed by atoms with Gasteiger partial charge in [0.2, 0.25) is 0 Å². The van der Waals surface area contributed by atoms with Gasteiger partial charge >= 0.3 is 0 Å². The number of benzene rings is 1. The molecule has 3 rings (SSSR count). The highest BCUT2D eigenvalue weighted by Gasteiger charge is 2.26. The number of ether oxygens (including phenoxy) is 1. The Kier molecular flexibility index (Phi) is 6.15. The number of nitriles is 1. The van der Waals surface area contributed by atoms with Crippen molar-refractivity contribution in [1.82, 2.24) is 9.97 Å². The second-order valence-electron chi connectivity index (χ2n) is 6.83. The molecule has 0 spiro atoms. The fourth-order valence-corrected chi connectivity index (χ4v) is 3.17. The van der Waals surface area contributed by atoms with Crippen LogP contribution in [0.3, 0.4) is 0 Å². The Morgan fingerprint density at radius 2 is 2.00 bits per heavy atom. The molecule has 0 atom stereocenters. The topological polar surface area (TPSA) is 74.1 Å². The molecule has 1 aromatic heterocycles. The summed E-state index contributed by atoms with van der Waals surface area (Å²) in [6, 6.07) is 5.34. The zero-order chi connectivity index (χ0) is 20.3. The predicted octanol–water partition coefficient (Wildman–Crippen LogP) is 4.15. The standard InChI is InChI=1S/C19H20ClF2N5O/c1-11(2)24-18-19(25-15(10-23)17(20)26-18)27-7-5-13(6-8-27)28-16-4-3-12(21)9-14(16)22/h3-4,9,11,13H,5-8H2,1-2H3,(H,24,26). The molecule has 1 saturated heterocycles. The number of nitrogens with one attached hydrogen (secondary N) is 1. The van der Waals surface area contributed by atoms with Gasteiger partial charge in [-0.1, -0.05) is 11.6 Å². The number of halogens is 3. The Morgan fingerprint density at radius 1 is 1.29 bits per heavy atom. The lowest BCUT2D eigenvalue weighted by atomic mass is 10.1. The van der Waals surface area contributed by atoms with Crippen molar-refractivity contribution in [2.75, 3.05) is 23.3 Å². The molecule has 1 fully saturated rings. The Morgan fingerprint density at radius 3 is 2.61 bits per heavy atom. The van der Waals surface area contributed by atoms with E-state index in [1.807, 2.05) is 24.8 Å². The van der Waals surface area contributed by atoms with Gasteiger partial charge in [0.05, 0.1) is 0 Å². The highest BCUT2D eigenvalue weighted by Crippen LogP contribution is 2.30. The third-order valence-corrected chi connectivity index (χ3v) is 4.56. The van der Waals surface area contributed by atoms with Crippen LogP contribution >= 0.6 is 11.6 Å². The number of hydrogen-bond acceptors (Lipinski definition) is 6. The highest BCUT2D eigenvalue weighted by molar-refractivity contribution is 6.30. The van der Waals surface area contributed by atoms with Crippen molar-refractivity contribution in [3.63, 3.8) is 0 Å². The fraction of sp³-hybridized carbons (Fsp3) is 0.421. The van der Waals surface area contributed by atoms with Crippen LogP contribution in [0.2, 0.25) is 5.15 Å². The van der Waals surface area contributed by atoms with Crippen molar-refractivity contribution < 1.29 is 13.5 Å². The van der Waals surface area contributed by atoms with E-state index in [4.69, 9.17) is 16.3 Å². The summed E-state index contributed by atoms with van der Waals surface area (Å²) in [6.07, 6.45) is 1.03. The summed E-state index contributed by atoms with van der Waals surface area (Å²) in [6.45, 7) is 5.10. The molecule has 0 amide bonds. The minimum absolute atomic E-state index is 0.0417. The largest absolute Gasteiger partial charge is 0.487 e. The molecule has 0 saturated carbocycles. The summed E-state index contributed by atoms with van der Waals surface area (Å²) >= 11 is 6.03. The minimum atomic E-state index is -0.715. The average molecular weight is 408 g/mol. The number of nitrogens with zero attached hydrogens (tertiary/aromatic N) is 4. The molecular formula is C19H20ClF2N5O. The van der Waals surface area contributed by atoms with Gasteiger partial charge in [-0.25, -0.2) is 18.7 Å². The maximum absolute atomic E-state index is 13.8. The lowest BCUT2D eigenvalue weighted by molar-refractivity contribution is 0.163. The van der Waals surface area contributed by atoms with E-state index in [0.717, 1.165) is 6.07 Å². The van der Waals surface area contributed by atoms with Gasteiger partial charge in [-0.05, 0) is 26.0 Å². The SMILES string of the molecule is CC(C)Nc1nc(Cl)c(C#N)nc1N1CCC(Oc2ccc(F)cc2F)CC1. The summed E-state index contributed by atoms with van der Waals surface area (Å²) in [4.78, 5) is 10.6. The maximum atomic E-state index is 13.8. The van der Waals surface area contributed by atoms with Crippen molar-refractivity contribution in [1.29, 1.82) is 5.26 Å². The molecule has 1 N–H and O–H groups in total. The van der Waals surface area contributed by atoms with E-state index in [2.05, 4.69) is 15.3 Å². The fourth-order valence-electron chi connectivity index (χ4n) is 3.00. The Balaban J connectivity index is 1.73. The molecule has 0 aliphatic carbocycles. The van der Waals surface area contributed by atoms with Crippen LogP contribution in [0.1, 0.15) is 32.4 Å². The van der Waals surface area contributed by atoms with E-state index in [1.165, 1.54) is 12.1 Å². The second-order valence-corrected chi connectivity index (χ2v) is 7.18. The van der Waals surface area contributed by atoms with Crippen molar-refractivity contribution in [2.24, 2.45) is 0 Å². The third-order valence-electron chi connectivity index (χ3n) is 4.30.